The Morgan fingerprint density at radius 3 is 2.76 bits per heavy atom. The highest BCUT2D eigenvalue weighted by Crippen LogP contribution is 2.32. The first-order chi connectivity index (χ1) is 16.5. The number of carbonyl (C=O) groups excluding carboxylic acids is 2. The summed E-state index contributed by atoms with van der Waals surface area (Å²) in [7, 11) is 1.69. The minimum atomic E-state index is -0.318. The molecule has 0 bridgehead atoms. The van der Waals surface area contributed by atoms with Gasteiger partial charge in [0, 0.05) is 30.4 Å². The Labute approximate surface area is 194 Å². The Bertz CT molecular complexity index is 1330. The Balaban J connectivity index is 1.16. The summed E-state index contributed by atoms with van der Waals surface area (Å²) in [6.45, 7) is 0.449. The third-order valence-electron chi connectivity index (χ3n) is 5.27. The minimum Gasteiger partial charge on any atom is -0.454 e. The molecule has 1 aliphatic heterocycles. The van der Waals surface area contributed by atoms with Crippen LogP contribution in [-0.4, -0.2) is 45.5 Å². The van der Waals surface area contributed by atoms with Crippen LogP contribution < -0.4 is 14.8 Å². The second kappa shape index (κ2) is 9.10. The smallest absolute Gasteiger partial charge is 0.255 e. The van der Waals surface area contributed by atoms with E-state index in [9.17, 15) is 9.59 Å². The van der Waals surface area contributed by atoms with Crippen molar-refractivity contribution in [2.45, 2.75) is 13.1 Å². The number of fused-ring (bicyclic) bond motifs is 1. The van der Waals surface area contributed by atoms with E-state index >= 15 is 0 Å². The summed E-state index contributed by atoms with van der Waals surface area (Å²) in [5.41, 5.74) is 2.46. The molecule has 0 unspecified atom stereocenters. The van der Waals surface area contributed by atoms with Crippen LogP contribution in [0.4, 0.5) is 5.69 Å². The largest absolute Gasteiger partial charge is 0.454 e. The van der Waals surface area contributed by atoms with Gasteiger partial charge in [0.15, 0.2) is 17.3 Å². The number of likely N-dealkylation sites (N-methyl/N-ethyl adjacent to an activating group) is 1. The van der Waals surface area contributed by atoms with Gasteiger partial charge in [0.25, 0.3) is 5.91 Å². The lowest BCUT2D eigenvalue weighted by Crippen LogP contribution is -2.30. The van der Waals surface area contributed by atoms with Crippen molar-refractivity contribution in [3.05, 3.63) is 78.2 Å². The second-order valence-electron chi connectivity index (χ2n) is 7.75. The van der Waals surface area contributed by atoms with E-state index in [0.29, 0.717) is 40.7 Å². The van der Waals surface area contributed by atoms with Gasteiger partial charge in [-0.15, -0.1) is 0 Å². The first-order valence-corrected chi connectivity index (χ1v) is 10.5. The van der Waals surface area contributed by atoms with Gasteiger partial charge in [0.2, 0.25) is 12.7 Å². The predicted octanol–water partition coefficient (Wildman–Crippen LogP) is 3.18. The minimum absolute atomic E-state index is 0.0137. The molecular formula is C24H21N5O5. The number of benzene rings is 2. The van der Waals surface area contributed by atoms with Crippen LogP contribution in [0.2, 0.25) is 0 Å². The molecule has 172 valence electrons. The zero-order valence-corrected chi connectivity index (χ0v) is 18.3. The van der Waals surface area contributed by atoms with Crippen molar-refractivity contribution in [3.8, 4) is 22.8 Å². The molecule has 5 rings (SSSR count). The van der Waals surface area contributed by atoms with Crippen molar-refractivity contribution in [2.24, 2.45) is 0 Å². The third-order valence-corrected chi connectivity index (χ3v) is 5.27. The van der Waals surface area contributed by atoms with Gasteiger partial charge in [-0.05, 0) is 18.2 Å². The number of anilines is 1. The average Bonchev–Trinajstić information content (AvgIpc) is 3.60. The molecule has 0 saturated carbocycles. The SMILES string of the molecule is CN(Cc1cc(-c2ccccc2)on1)C(=O)Cn1cc(NC(=O)c2ccc3c(c2)OCO3)cn1. The Hall–Kier alpha value is -4.60. The van der Waals surface area contributed by atoms with Crippen LogP contribution in [0.1, 0.15) is 16.1 Å². The molecule has 2 amide bonds. The molecule has 0 aliphatic carbocycles. The van der Waals surface area contributed by atoms with Crippen LogP contribution in [0.5, 0.6) is 11.5 Å². The first-order valence-electron chi connectivity index (χ1n) is 10.5. The van der Waals surface area contributed by atoms with Gasteiger partial charge in [-0.1, -0.05) is 35.5 Å². The molecule has 10 nitrogen and oxygen atoms in total. The highest BCUT2D eigenvalue weighted by Gasteiger charge is 2.18. The Morgan fingerprint density at radius 2 is 1.91 bits per heavy atom. The number of ether oxygens (including phenoxy) is 2. The maximum Gasteiger partial charge on any atom is 0.255 e. The van der Waals surface area contributed by atoms with Gasteiger partial charge in [-0.25, -0.2) is 0 Å². The molecular weight excluding hydrogens is 438 g/mol. The molecule has 2 aromatic carbocycles. The summed E-state index contributed by atoms with van der Waals surface area (Å²) in [5, 5.41) is 11.0. The maximum atomic E-state index is 12.6. The van der Waals surface area contributed by atoms with E-state index in [1.807, 2.05) is 36.4 Å². The average molecular weight is 459 g/mol. The molecule has 1 aliphatic rings. The topological polar surface area (TPSA) is 112 Å². The maximum absolute atomic E-state index is 12.6. The number of carbonyl (C=O) groups is 2. The normalized spacial score (nSPS) is 11.9. The van der Waals surface area contributed by atoms with Crippen LogP contribution in [0.15, 0.2) is 71.5 Å². The molecule has 0 fully saturated rings. The fourth-order valence-electron chi connectivity index (χ4n) is 3.47. The van der Waals surface area contributed by atoms with Crippen molar-refractivity contribution in [3.63, 3.8) is 0 Å². The van der Waals surface area contributed by atoms with Crippen LogP contribution >= 0.6 is 0 Å². The number of hydrogen-bond acceptors (Lipinski definition) is 7. The lowest BCUT2D eigenvalue weighted by molar-refractivity contribution is -0.131. The monoisotopic (exact) mass is 459 g/mol. The van der Waals surface area contributed by atoms with Crippen LogP contribution in [-0.2, 0) is 17.9 Å². The van der Waals surface area contributed by atoms with Gasteiger partial charge in [0.05, 0.1) is 18.4 Å². The molecule has 0 saturated heterocycles. The van der Waals surface area contributed by atoms with Gasteiger partial charge >= 0.3 is 0 Å². The molecule has 1 N–H and O–H groups in total. The summed E-state index contributed by atoms with van der Waals surface area (Å²) in [6.07, 6.45) is 3.09. The number of rotatable bonds is 7. The second-order valence-corrected chi connectivity index (χ2v) is 7.75. The fraction of sp³-hybridized carbons (Fsp3) is 0.167. The molecule has 10 heteroatoms. The summed E-state index contributed by atoms with van der Waals surface area (Å²) in [5.74, 6) is 1.29. The van der Waals surface area contributed by atoms with Crippen molar-refractivity contribution < 1.29 is 23.6 Å². The highest BCUT2D eigenvalue weighted by molar-refractivity contribution is 6.04. The van der Waals surface area contributed by atoms with Gasteiger partial charge in [0.1, 0.15) is 12.2 Å². The Morgan fingerprint density at radius 1 is 1.09 bits per heavy atom. The standard InChI is InChI=1S/C24H21N5O5/c1-28(12-18-10-21(34-27-18)16-5-3-2-4-6-16)23(30)14-29-13-19(11-25-29)26-24(31)17-7-8-20-22(9-17)33-15-32-20/h2-11,13H,12,14-15H2,1H3,(H,26,31). The van der Waals surface area contributed by atoms with Gasteiger partial charge in [-0.3, -0.25) is 14.3 Å². The van der Waals surface area contributed by atoms with E-state index in [-0.39, 0.29) is 25.2 Å². The van der Waals surface area contributed by atoms with E-state index in [2.05, 4.69) is 15.6 Å². The van der Waals surface area contributed by atoms with E-state index in [1.165, 1.54) is 10.9 Å². The number of nitrogens with one attached hydrogen (secondary N) is 1. The van der Waals surface area contributed by atoms with Crippen LogP contribution in [0.25, 0.3) is 11.3 Å². The summed E-state index contributed by atoms with van der Waals surface area (Å²) < 4.78 is 17.4. The molecule has 0 spiro atoms. The van der Waals surface area contributed by atoms with Crippen LogP contribution in [0, 0.1) is 0 Å². The molecule has 0 radical (unpaired) electrons. The lowest BCUT2D eigenvalue weighted by Gasteiger charge is -2.15. The van der Waals surface area contributed by atoms with Crippen molar-refractivity contribution in [2.75, 3.05) is 19.2 Å². The van der Waals surface area contributed by atoms with Gasteiger partial charge in [-0.2, -0.15) is 5.10 Å². The number of amides is 2. The summed E-state index contributed by atoms with van der Waals surface area (Å²) in [6, 6.07) is 16.4. The Kier molecular flexibility index (Phi) is 5.69. The quantitative estimate of drug-likeness (QED) is 0.452. The molecule has 0 atom stereocenters. The summed E-state index contributed by atoms with van der Waals surface area (Å²) in [4.78, 5) is 26.7. The van der Waals surface area contributed by atoms with Gasteiger partial charge < -0.3 is 24.2 Å². The van der Waals surface area contributed by atoms with Crippen LogP contribution in [0.3, 0.4) is 0 Å². The zero-order chi connectivity index (χ0) is 23.5. The van der Waals surface area contributed by atoms with E-state index in [0.717, 1.165) is 5.56 Å². The lowest BCUT2D eigenvalue weighted by atomic mass is 10.1. The fourth-order valence-corrected chi connectivity index (χ4v) is 3.47. The van der Waals surface area contributed by atoms with E-state index < -0.39 is 0 Å². The van der Waals surface area contributed by atoms with E-state index in [4.69, 9.17) is 14.0 Å². The predicted molar refractivity (Wildman–Crippen MR) is 121 cm³/mol. The third kappa shape index (κ3) is 4.60. The van der Waals surface area contributed by atoms with Crippen molar-refractivity contribution in [1.82, 2.24) is 19.8 Å². The van der Waals surface area contributed by atoms with E-state index in [1.54, 1.807) is 36.3 Å². The molecule has 2 aromatic heterocycles. The summed E-state index contributed by atoms with van der Waals surface area (Å²) >= 11 is 0. The number of hydrogen-bond donors (Lipinski definition) is 1. The molecule has 3 heterocycles. The zero-order valence-electron chi connectivity index (χ0n) is 18.3. The highest BCUT2D eigenvalue weighted by atomic mass is 16.7. The van der Waals surface area contributed by atoms with Crippen molar-refractivity contribution >= 4 is 17.5 Å². The molecule has 34 heavy (non-hydrogen) atoms. The molecule has 4 aromatic rings. The number of nitrogens with zero attached hydrogens (tertiary/aromatic N) is 4. The first kappa shape index (κ1) is 21.3. The van der Waals surface area contributed by atoms with Crippen molar-refractivity contribution in [1.29, 1.82) is 0 Å². The number of aromatic nitrogens is 3.